The van der Waals surface area contributed by atoms with E-state index in [1.807, 2.05) is 18.2 Å². The molecule has 2 nitrogen and oxygen atoms in total. The van der Waals surface area contributed by atoms with Crippen molar-refractivity contribution in [3.8, 4) is 11.5 Å². The minimum Gasteiger partial charge on any atom is -0.456 e. The van der Waals surface area contributed by atoms with E-state index in [0.29, 0.717) is 0 Å². The van der Waals surface area contributed by atoms with Crippen molar-refractivity contribution in [3.05, 3.63) is 52.8 Å². The number of halogens is 1. The summed E-state index contributed by atoms with van der Waals surface area (Å²) in [5.41, 5.74) is 1.37. The molecule has 1 heterocycles. The molecular weight excluding hydrogens is 290 g/mol. The predicted octanol–water partition coefficient (Wildman–Crippen LogP) is 4.93. The average molecular weight is 306 g/mol. The van der Waals surface area contributed by atoms with E-state index < -0.39 is 0 Å². The number of pyridine rings is 1. The van der Waals surface area contributed by atoms with E-state index in [4.69, 9.17) is 4.74 Å². The highest BCUT2D eigenvalue weighted by molar-refractivity contribution is 9.10. The van der Waals surface area contributed by atoms with Gasteiger partial charge in [0.1, 0.15) is 11.5 Å². The van der Waals surface area contributed by atoms with Crippen LogP contribution >= 0.6 is 15.9 Å². The van der Waals surface area contributed by atoms with Crippen molar-refractivity contribution in [2.24, 2.45) is 0 Å². The summed E-state index contributed by atoms with van der Waals surface area (Å²) in [5, 5.41) is 0. The Labute approximate surface area is 116 Å². The quantitative estimate of drug-likeness (QED) is 0.784. The van der Waals surface area contributed by atoms with Crippen LogP contribution in [0.5, 0.6) is 11.5 Å². The molecule has 94 valence electrons. The fourth-order valence-electron chi connectivity index (χ4n) is 1.60. The summed E-state index contributed by atoms with van der Waals surface area (Å²) in [4.78, 5) is 4.02. The number of hydrogen-bond donors (Lipinski definition) is 0. The van der Waals surface area contributed by atoms with Gasteiger partial charge in [-0.3, -0.25) is 4.98 Å². The van der Waals surface area contributed by atoms with E-state index in [-0.39, 0.29) is 5.41 Å². The first-order valence-electron chi connectivity index (χ1n) is 5.85. The van der Waals surface area contributed by atoms with Crippen LogP contribution in [0, 0.1) is 0 Å². The van der Waals surface area contributed by atoms with Gasteiger partial charge in [-0.25, -0.2) is 0 Å². The highest BCUT2D eigenvalue weighted by atomic mass is 79.9. The summed E-state index contributed by atoms with van der Waals surface area (Å²) in [6.45, 7) is 6.57. The molecule has 1 aromatic heterocycles. The third-order valence-electron chi connectivity index (χ3n) is 2.66. The highest BCUT2D eigenvalue weighted by Crippen LogP contribution is 2.31. The molecule has 0 aliphatic carbocycles. The molecule has 0 saturated heterocycles. The zero-order valence-electron chi connectivity index (χ0n) is 10.8. The molecule has 18 heavy (non-hydrogen) atoms. The van der Waals surface area contributed by atoms with Gasteiger partial charge in [0.15, 0.2) is 0 Å². The summed E-state index contributed by atoms with van der Waals surface area (Å²) in [7, 11) is 0. The van der Waals surface area contributed by atoms with Gasteiger partial charge in [-0.2, -0.15) is 0 Å². The van der Waals surface area contributed by atoms with Crippen molar-refractivity contribution >= 4 is 15.9 Å². The van der Waals surface area contributed by atoms with E-state index >= 15 is 0 Å². The molecule has 2 rings (SSSR count). The average Bonchev–Trinajstić information content (AvgIpc) is 2.31. The molecule has 0 amide bonds. The Morgan fingerprint density at radius 1 is 1.17 bits per heavy atom. The van der Waals surface area contributed by atoms with Gasteiger partial charge in [0.2, 0.25) is 0 Å². The van der Waals surface area contributed by atoms with Gasteiger partial charge in [0, 0.05) is 18.5 Å². The standard InChI is InChI=1S/C15H16BrNO/c1-15(2,3)11-5-4-6-12(9-11)18-14-7-8-17-10-13(14)16/h4-10H,1-3H3. The third kappa shape index (κ3) is 3.10. The molecule has 0 saturated carbocycles. The Bertz CT molecular complexity index is 546. The number of benzene rings is 1. The van der Waals surface area contributed by atoms with Crippen molar-refractivity contribution in [1.29, 1.82) is 0 Å². The SMILES string of the molecule is CC(C)(C)c1cccc(Oc2ccncc2Br)c1. The van der Waals surface area contributed by atoms with Gasteiger partial charge in [-0.1, -0.05) is 32.9 Å². The second-order valence-corrected chi connectivity index (χ2v) is 6.04. The Hall–Kier alpha value is -1.35. The molecule has 0 bridgehead atoms. The molecule has 3 heteroatoms. The van der Waals surface area contributed by atoms with Crippen LogP contribution in [0.4, 0.5) is 0 Å². The molecule has 0 atom stereocenters. The molecule has 0 unspecified atom stereocenters. The topological polar surface area (TPSA) is 22.1 Å². The van der Waals surface area contributed by atoms with Crippen molar-refractivity contribution in [3.63, 3.8) is 0 Å². The zero-order valence-corrected chi connectivity index (χ0v) is 12.4. The molecule has 2 aromatic rings. The van der Waals surface area contributed by atoms with Crippen LogP contribution in [0.2, 0.25) is 0 Å². The molecule has 0 radical (unpaired) electrons. The van der Waals surface area contributed by atoms with Crippen molar-refractivity contribution in [2.45, 2.75) is 26.2 Å². The Balaban J connectivity index is 2.28. The van der Waals surface area contributed by atoms with Crippen LogP contribution in [-0.4, -0.2) is 4.98 Å². The maximum absolute atomic E-state index is 5.86. The lowest BCUT2D eigenvalue weighted by Gasteiger charge is -2.19. The lowest BCUT2D eigenvalue weighted by Crippen LogP contribution is -2.10. The van der Waals surface area contributed by atoms with Crippen LogP contribution in [0.1, 0.15) is 26.3 Å². The second kappa shape index (κ2) is 5.11. The van der Waals surface area contributed by atoms with Crippen molar-refractivity contribution in [1.82, 2.24) is 4.98 Å². The van der Waals surface area contributed by atoms with Gasteiger partial charge in [0.25, 0.3) is 0 Å². The summed E-state index contributed by atoms with van der Waals surface area (Å²) < 4.78 is 6.71. The predicted molar refractivity (Wildman–Crippen MR) is 77.2 cm³/mol. The van der Waals surface area contributed by atoms with E-state index in [0.717, 1.165) is 16.0 Å². The molecular formula is C15H16BrNO. The lowest BCUT2D eigenvalue weighted by molar-refractivity contribution is 0.475. The molecule has 0 aliphatic rings. The van der Waals surface area contributed by atoms with Crippen LogP contribution < -0.4 is 4.74 Å². The summed E-state index contributed by atoms with van der Waals surface area (Å²) >= 11 is 3.42. The maximum atomic E-state index is 5.86. The fraction of sp³-hybridized carbons (Fsp3) is 0.267. The minimum absolute atomic E-state index is 0.120. The smallest absolute Gasteiger partial charge is 0.144 e. The van der Waals surface area contributed by atoms with E-state index in [9.17, 15) is 0 Å². The first-order valence-corrected chi connectivity index (χ1v) is 6.64. The lowest BCUT2D eigenvalue weighted by atomic mass is 9.87. The highest BCUT2D eigenvalue weighted by Gasteiger charge is 2.14. The number of rotatable bonds is 2. The second-order valence-electron chi connectivity index (χ2n) is 5.19. The fourth-order valence-corrected chi connectivity index (χ4v) is 1.93. The first-order chi connectivity index (χ1) is 8.47. The van der Waals surface area contributed by atoms with Crippen molar-refractivity contribution in [2.75, 3.05) is 0 Å². The van der Waals surface area contributed by atoms with Crippen LogP contribution in [0.3, 0.4) is 0 Å². The molecule has 0 aliphatic heterocycles. The molecule has 1 aromatic carbocycles. The third-order valence-corrected chi connectivity index (χ3v) is 3.26. The van der Waals surface area contributed by atoms with E-state index in [1.54, 1.807) is 12.4 Å². The van der Waals surface area contributed by atoms with E-state index in [2.05, 4.69) is 53.8 Å². The summed E-state index contributed by atoms with van der Waals surface area (Å²) in [5.74, 6) is 1.62. The van der Waals surface area contributed by atoms with Gasteiger partial charge in [0.05, 0.1) is 4.47 Å². The number of nitrogens with zero attached hydrogens (tertiary/aromatic N) is 1. The zero-order chi connectivity index (χ0) is 13.2. The first kappa shape index (κ1) is 13.1. The monoisotopic (exact) mass is 305 g/mol. The number of aromatic nitrogens is 1. The molecule has 0 N–H and O–H groups in total. The molecule has 0 fully saturated rings. The van der Waals surface area contributed by atoms with Crippen LogP contribution in [0.15, 0.2) is 47.2 Å². The number of hydrogen-bond acceptors (Lipinski definition) is 2. The van der Waals surface area contributed by atoms with Gasteiger partial charge in [-0.15, -0.1) is 0 Å². The Morgan fingerprint density at radius 3 is 2.61 bits per heavy atom. The largest absolute Gasteiger partial charge is 0.456 e. The summed E-state index contributed by atoms with van der Waals surface area (Å²) in [6, 6.07) is 10.0. The van der Waals surface area contributed by atoms with Crippen molar-refractivity contribution < 1.29 is 4.74 Å². The minimum atomic E-state index is 0.120. The summed E-state index contributed by atoms with van der Waals surface area (Å²) in [6.07, 6.45) is 3.44. The normalized spacial score (nSPS) is 11.3. The van der Waals surface area contributed by atoms with Gasteiger partial charge in [-0.05, 0) is 39.0 Å². The molecule has 0 spiro atoms. The number of ether oxygens (including phenoxy) is 1. The van der Waals surface area contributed by atoms with Gasteiger partial charge >= 0.3 is 0 Å². The van der Waals surface area contributed by atoms with E-state index in [1.165, 1.54) is 5.56 Å². The van der Waals surface area contributed by atoms with Crippen LogP contribution in [-0.2, 0) is 5.41 Å². The Kier molecular flexibility index (Phi) is 3.71. The maximum Gasteiger partial charge on any atom is 0.144 e. The van der Waals surface area contributed by atoms with Gasteiger partial charge < -0.3 is 4.74 Å². The van der Waals surface area contributed by atoms with Crippen LogP contribution in [0.25, 0.3) is 0 Å². The Morgan fingerprint density at radius 2 is 1.94 bits per heavy atom.